The van der Waals surface area contributed by atoms with Gasteiger partial charge in [-0.25, -0.2) is 0 Å². The Morgan fingerprint density at radius 1 is 1.42 bits per heavy atom. The standard InChI is InChI=1S/C9H10BrClO/c1-9(2,12)7-5-6(10)3-4-8(7)11/h3-5,12H,1-2H3. The van der Waals surface area contributed by atoms with E-state index in [1.807, 2.05) is 12.1 Å². The van der Waals surface area contributed by atoms with Crippen molar-refractivity contribution in [2.75, 3.05) is 0 Å². The average Bonchev–Trinajstić information content (AvgIpc) is 1.92. The molecule has 0 aliphatic carbocycles. The van der Waals surface area contributed by atoms with Crippen LogP contribution in [0.2, 0.25) is 5.02 Å². The first kappa shape index (κ1) is 10.0. The van der Waals surface area contributed by atoms with Crippen molar-refractivity contribution in [3.63, 3.8) is 0 Å². The number of aliphatic hydroxyl groups is 1. The molecule has 1 N–H and O–H groups in total. The molecule has 66 valence electrons. The third kappa shape index (κ3) is 2.22. The normalized spacial score (nSPS) is 11.8. The molecule has 0 atom stereocenters. The predicted octanol–water partition coefficient (Wildman–Crippen LogP) is 3.33. The summed E-state index contributed by atoms with van der Waals surface area (Å²) in [5.74, 6) is 0. The SMILES string of the molecule is CC(C)(O)c1cc(Br)ccc1Cl. The van der Waals surface area contributed by atoms with E-state index in [1.54, 1.807) is 19.9 Å². The summed E-state index contributed by atoms with van der Waals surface area (Å²) in [7, 11) is 0. The van der Waals surface area contributed by atoms with Crippen molar-refractivity contribution < 1.29 is 5.11 Å². The molecule has 0 saturated heterocycles. The zero-order valence-corrected chi connectivity index (χ0v) is 9.28. The minimum atomic E-state index is -0.888. The monoisotopic (exact) mass is 248 g/mol. The summed E-state index contributed by atoms with van der Waals surface area (Å²) in [5, 5.41) is 10.3. The van der Waals surface area contributed by atoms with Gasteiger partial charge >= 0.3 is 0 Å². The third-order valence-electron chi connectivity index (χ3n) is 1.59. The quantitative estimate of drug-likeness (QED) is 0.809. The molecule has 0 radical (unpaired) electrons. The van der Waals surface area contributed by atoms with Gasteiger partial charge in [-0.05, 0) is 32.0 Å². The second kappa shape index (κ2) is 3.36. The molecule has 1 rings (SSSR count). The number of benzene rings is 1. The fraction of sp³-hybridized carbons (Fsp3) is 0.333. The van der Waals surface area contributed by atoms with Gasteiger partial charge in [-0.15, -0.1) is 0 Å². The van der Waals surface area contributed by atoms with E-state index in [1.165, 1.54) is 0 Å². The van der Waals surface area contributed by atoms with Crippen LogP contribution in [0.5, 0.6) is 0 Å². The molecule has 12 heavy (non-hydrogen) atoms. The molecule has 1 aromatic carbocycles. The maximum absolute atomic E-state index is 9.69. The van der Waals surface area contributed by atoms with Crippen molar-refractivity contribution in [3.05, 3.63) is 33.3 Å². The van der Waals surface area contributed by atoms with Gasteiger partial charge in [0, 0.05) is 15.1 Å². The summed E-state index contributed by atoms with van der Waals surface area (Å²) in [4.78, 5) is 0. The molecular weight excluding hydrogens is 239 g/mol. The molecule has 0 spiro atoms. The molecule has 0 amide bonds. The summed E-state index contributed by atoms with van der Waals surface area (Å²) >= 11 is 9.22. The highest BCUT2D eigenvalue weighted by Crippen LogP contribution is 2.29. The van der Waals surface area contributed by atoms with Crippen LogP contribution in [0, 0.1) is 0 Å². The van der Waals surface area contributed by atoms with E-state index in [4.69, 9.17) is 11.6 Å². The Bertz CT molecular complexity index is 291. The second-order valence-electron chi connectivity index (χ2n) is 3.18. The fourth-order valence-corrected chi connectivity index (χ4v) is 1.68. The maximum atomic E-state index is 9.69. The summed E-state index contributed by atoms with van der Waals surface area (Å²) in [5.41, 5.74) is -0.153. The van der Waals surface area contributed by atoms with Gasteiger partial charge in [0.15, 0.2) is 0 Å². The van der Waals surface area contributed by atoms with Crippen molar-refractivity contribution >= 4 is 27.5 Å². The average molecular weight is 250 g/mol. The summed E-state index contributed by atoms with van der Waals surface area (Å²) in [6, 6.07) is 5.43. The van der Waals surface area contributed by atoms with Gasteiger partial charge in [-0.1, -0.05) is 27.5 Å². The van der Waals surface area contributed by atoms with Crippen LogP contribution in [-0.4, -0.2) is 5.11 Å². The van der Waals surface area contributed by atoms with E-state index >= 15 is 0 Å². The first-order valence-corrected chi connectivity index (χ1v) is 4.76. The summed E-state index contributed by atoms with van der Waals surface area (Å²) in [6.07, 6.45) is 0. The minimum Gasteiger partial charge on any atom is -0.386 e. The molecular formula is C9H10BrClO. The highest BCUT2D eigenvalue weighted by atomic mass is 79.9. The Morgan fingerprint density at radius 3 is 2.42 bits per heavy atom. The number of halogens is 2. The topological polar surface area (TPSA) is 20.2 Å². The van der Waals surface area contributed by atoms with Gasteiger partial charge in [0.2, 0.25) is 0 Å². The first-order chi connectivity index (χ1) is 5.41. The lowest BCUT2D eigenvalue weighted by atomic mass is 9.99. The van der Waals surface area contributed by atoms with Crippen molar-refractivity contribution in [2.45, 2.75) is 19.4 Å². The van der Waals surface area contributed by atoms with Crippen molar-refractivity contribution in [3.8, 4) is 0 Å². The first-order valence-electron chi connectivity index (χ1n) is 3.59. The summed E-state index contributed by atoms with van der Waals surface area (Å²) < 4.78 is 0.920. The third-order valence-corrected chi connectivity index (χ3v) is 2.41. The van der Waals surface area contributed by atoms with Crippen LogP contribution in [0.15, 0.2) is 22.7 Å². The Balaban J connectivity index is 3.23. The molecule has 3 heteroatoms. The lowest BCUT2D eigenvalue weighted by molar-refractivity contribution is 0.0786. The van der Waals surface area contributed by atoms with Gasteiger partial charge in [0.05, 0.1) is 5.60 Å². The maximum Gasteiger partial charge on any atom is 0.0855 e. The highest BCUT2D eigenvalue weighted by molar-refractivity contribution is 9.10. The van der Waals surface area contributed by atoms with Gasteiger partial charge in [-0.2, -0.15) is 0 Å². The molecule has 1 nitrogen and oxygen atoms in total. The van der Waals surface area contributed by atoms with Crippen molar-refractivity contribution in [1.82, 2.24) is 0 Å². The van der Waals surface area contributed by atoms with E-state index in [2.05, 4.69) is 15.9 Å². The van der Waals surface area contributed by atoms with Crippen LogP contribution < -0.4 is 0 Å². The van der Waals surface area contributed by atoms with E-state index in [-0.39, 0.29) is 0 Å². The molecule has 0 aromatic heterocycles. The van der Waals surface area contributed by atoms with Gasteiger partial charge < -0.3 is 5.11 Å². The smallest absolute Gasteiger partial charge is 0.0855 e. The van der Waals surface area contributed by atoms with Crippen LogP contribution in [0.25, 0.3) is 0 Å². The Morgan fingerprint density at radius 2 is 2.00 bits per heavy atom. The van der Waals surface area contributed by atoms with Crippen LogP contribution in [0.4, 0.5) is 0 Å². The Hall–Kier alpha value is -0.0500. The van der Waals surface area contributed by atoms with E-state index in [9.17, 15) is 5.11 Å². The molecule has 0 heterocycles. The zero-order valence-electron chi connectivity index (χ0n) is 6.94. The van der Waals surface area contributed by atoms with Crippen LogP contribution in [0.1, 0.15) is 19.4 Å². The van der Waals surface area contributed by atoms with Gasteiger partial charge in [0.25, 0.3) is 0 Å². The van der Waals surface area contributed by atoms with Gasteiger partial charge in [-0.3, -0.25) is 0 Å². The van der Waals surface area contributed by atoms with Crippen LogP contribution in [-0.2, 0) is 5.60 Å². The van der Waals surface area contributed by atoms with Crippen LogP contribution in [0.3, 0.4) is 0 Å². The van der Waals surface area contributed by atoms with Crippen molar-refractivity contribution in [1.29, 1.82) is 0 Å². The Labute approximate surface area is 85.5 Å². The molecule has 0 fully saturated rings. The largest absolute Gasteiger partial charge is 0.386 e. The lowest BCUT2D eigenvalue weighted by Gasteiger charge is -2.19. The molecule has 0 unspecified atom stereocenters. The molecule has 0 aliphatic rings. The van der Waals surface area contributed by atoms with E-state index in [0.717, 1.165) is 10.0 Å². The van der Waals surface area contributed by atoms with Gasteiger partial charge in [0.1, 0.15) is 0 Å². The summed E-state index contributed by atoms with van der Waals surface area (Å²) in [6.45, 7) is 3.42. The molecule has 0 bridgehead atoms. The highest BCUT2D eigenvalue weighted by Gasteiger charge is 2.19. The number of rotatable bonds is 1. The molecule has 1 aromatic rings. The molecule has 0 aliphatic heterocycles. The Kier molecular flexibility index (Phi) is 2.81. The zero-order chi connectivity index (χ0) is 9.35. The van der Waals surface area contributed by atoms with Crippen LogP contribution >= 0.6 is 27.5 Å². The van der Waals surface area contributed by atoms with E-state index in [0.29, 0.717) is 5.02 Å². The minimum absolute atomic E-state index is 0.589. The van der Waals surface area contributed by atoms with E-state index < -0.39 is 5.60 Å². The van der Waals surface area contributed by atoms with Crippen molar-refractivity contribution in [2.24, 2.45) is 0 Å². The predicted molar refractivity (Wildman–Crippen MR) is 54.4 cm³/mol. The number of hydrogen-bond acceptors (Lipinski definition) is 1. The number of hydrogen-bond donors (Lipinski definition) is 1. The fourth-order valence-electron chi connectivity index (χ4n) is 0.966. The lowest BCUT2D eigenvalue weighted by Crippen LogP contribution is -2.15. The molecule has 0 saturated carbocycles. The second-order valence-corrected chi connectivity index (χ2v) is 4.51.